The molecule has 0 atom stereocenters. The van der Waals surface area contributed by atoms with Gasteiger partial charge < -0.3 is 9.73 Å². The van der Waals surface area contributed by atoms with Gasteiger partial charge >= 0.3 is 0 Å². The van der Waals surface area contributed by atoms with Gasteiger partial charge in [0.2, 0.25) is 5.91 Å². The molecule has 0 aliphatic heterocycles. The van der Waals surface area contributed by atoms with Gasteiger partial charge in [-0.2, -0.15) is 0 Å². The van der Waals surface area contributed by atoms with Crippen molar-refractivity contribution in [2.45, 2.75) is 13.5 Å². The maximum absolute atomic E-state index is 11.8. The third-order valence-corrected chi connectivity index (χ3v) is 3.86. The Morgan fingerprint density at radius 3 is 3.05 bits per heavy atom. The zero-order valence-electron chi connectivity index (χ0n) is 11.5. The van der Waals surface area contributed by atoms with E-state index in [2.05, 4.69) is 10.3 Å². The molecule has 0 fully saturated rings. The Labute approximate surface area is 126 Å². The van der Waals surface area contributed by atoms with Crippen molar-refractivity contribution in [2.75, 3.05) is 0 Å². The number of fused-ring (bicyclic) bond motifs is 1. The molecule has 2 heterocycles. The molecule has 0 saturated carbocycles. The Morgan fingerprint density at radius 2 is 2.29 bits per heavy atom. The van der Waals surface area contributed by atoms with Crippen molar-refractivity contribution in [3.8, 4) is 0 Å². The van der Waals surface area contributed by atoms with E-state index in [1.54, 1.807) is 23.6 Å². The molecule has 0 aliphatic rings. The molecule has 4 nitrogen and oxygen atoms in total. The maximum atomic E-state index is 11.8. The lowest BCUT2D eigenvalue weighted by atomic mass is 10.2. The van der Waals surface area contributed by atoms with E-state index < -0.39 is 0 Å². The normalized spacial score (nSPS) is 11.3. The number of hydrogen-bond donors (Lipinski definition) is 1. The molecule has 0 radical (unpaired) electrons. The van der Waals surface area contributed by atoms with Gasteiger partial charge in [0.15, 0.2) is 0 Å². The van der Waals surface area contributed by atoms with Gasteiger partial charge in [-0.1, -0.05) is 18.2 Å². The molecule has 0 bridgehead atoms. The largest absolute Gasteiger partial charge is 0.457 e. The van der Waals surface area contributed by atoms with Crippen molar-refractivity contribution in [1.29, 1.82) is 0 Å². The Balaban J connectivity index is 1.61. The van der Waals surface area contributed by atoms with Crippen molar-refractivity contribution in [1.82, 2.24) is 10.3 Å². The number of aromatic nitrogens is 1. The summed E-state index contributed by atoms with van der Waals surface area (Å²) in [5.41, 5.74) is 0.817. The summed E-state index contributed by atoms with van der Waals surface area (Å²) >= 11 is 1.58. The van der Waals surface area contributed by atoms with Crippen molar-refractivity contribution in [2.24, 2.45) is 0 Å². The highest BCUT2D eigenvalue weighted by Crippen LogP contribution is 2.19. The van der Waals surface area contributed by atoms with Crippen molar-refractivity contribution < 1.29 is 9.21 Å². The molecule has 0 spiro atoms. The Bertz CT molecular complexity index is 768. The van der Waals surface area contributed by atoms with Crippen LogP contribution in [0.25, 0.3) is 17.0 Å². The van der Waals surface area contributed by atoms with Crippen molar-refractivity contribution in [3.63, 3.8) is 0 Å². The van der Waals surface area contributed by atoms with Gasteiger partial charge in [-0.05, 0) is 25.1 Å². The summed E-state index contributed by atoms with van der Waals surface area (Å²) in [6.07, 6.45) is 4.93. The summed E-state index contributed by atoms with van der Waals surface area (Å²) in [4.78, 5) is 16.9. The number of nitrogens with one attached hydrogen (secondary N) is 1. The first-order chi connectivity index (χ1) is 10.2. The fourth-order valence-electron chi connectivity index (χ4n) is 1.96. The quantitative estimate of drug-likeness (QED) is 0.750. The van der Waals surface area contributed by atoms with Crippen LogP contribution in [0, 0.1) is 6.92 Å². The summed E-state index contributed by atoms with van der Waals surface area (Å²) in [7, 11) is 0. The summed E-state index contributed by atoms with van der Waals surface area (Å²) in [6, 6.07) is 9.66. The predicted molar refractivity (Wildman–Crippen MR) is 83.9 cm³/mol. The summed E-state index contributed by atoms with van der Waals surface area (Å²) in [6.45, 7) is 2.44. The van der Waals surface area contributed by atoms with E-state index in [-0.39, 0.29) is 5.91 Å². The van der Waals surface area contributed by atoms with Crippen LogP contribution < -0.4 is 5.32 Å². The van der Waals surface area contributed by atoms with E-state index in [4.69, 9.17) is 4.42 Å². The van der Waals surface area contributed by atoms with Gasteiger partial charge in [0.05, 0.1) is 11.6 Å². The molecule has 5 heteroatoms. The monoisotopic (exact) mass is 298 g/mol. The van der Waals surface area contributed by atoms with Crippen LogP contribution in [0.3, 0.4) is 0 Å². The molecule has 0 unspecified atom stereocenters. The van der Waals surface area contributed by atoms with E-state index in [0.29, 0.717) is 12.3 Å². The lowest BCUT2D eigenvalue weighted by Crippen LogP contribution is -2.19. The first-order valence-electron chi connectivity index (χ1n) is 6.56. The molecule has 1 amide bonds. The van der Waals surface area contributed by atoms with Gasteiger partial charge in [0.25, 0.3) is 0 Å². The molecule has 106 valence electrons. The highest BCUT2D eigenvalue weighted by Gasteiger charge is 2.02. The molecule has 21 heavy (non-hydrogen) atoms. The highest BCUT2D eigenvalue weighted by atomic mass is 32.1. The topological polar surface area (TPSA) is 55.1 Å². The average Bonchev–Trinajstić information content (AvgIpc) is 3.08. The number of para-hydroxylation sites is 1. The minimum atomic E-state index is -0.151. The second-order valence-corrected chi connectivity index (χ2v) is 5.90. The van der Waals surface area contributed by atoms with E-state index in [0.717, 1.165) is 20.9 Å². The third-order valence-electron chi connectivity index (χ3n) is 2.95. The lowest BCUT2D eigenvalue weighted by Gasteiger charge is -1.97. The SMILES string of the molecule is Cc1ncc(CNC(=O)C=Cc2cc3ccccc3o2)s1. The number of amides is 1. The lowest BCUT2D eigenvalue weighted by molar-refractivity contribution is -0.116. The van der Waals surface area contributed by atoms with Crippen LogP contribution in [0.4, 0.5) is 0 Å². The van der Waals surface area contributed by atoms with Crippen molar-refractivity contribution >= 4 is 34.3 Å². The van der Waals surface area contributed by atoms with Gasteiger partial charge in [0.1, 0.15) is 11.3 Å². The van der Waals surface area contributed by atoms with Gasteiger partial charge in [-0.25, -0.2) is 4.98 Å². The zero-order chi connectivity index (χ0) is 14.7. The third kappa shape index (κ3) is 3.38. The zero-order valence-corrected chi connectivity index (χ0v) is 12.3. The number of benzene rings is 1. The van der Waals surface area contributed by atoms with Crippen LogP contribution in [0.1, 0.15) is 15.6 Å². The van der Waals surface area contributed by atoms with Gasteiger partial charge in [-0.3, -0.25) is 4.79 Å². The number of aryl methyl sites for hydroxylation is 1. The molecular weight excluding hydrogens is 284 g/mol. The molecule has 0 saturated heterocycles. The predicted octanol–water partition coefficient (Wildman–Crippen LogP) is 3.53. The standard InChI is InChI=1S/C16H14N2O2S/c1-11-17-9-14(21-11)10-18-16(19)7-6-13-8-12-4-2-3-5-15(12)20-13/h2-9H,10H2,1H3,(H,18,19). The molecule has 0 aliphatic carbocycles. The van der Waals surface area contributed by atoms with Crippen LogP contribution in [0.2, 0.25) is 0 Å². The van der Waals surface area contributed by atoms with Gasteiger partial charge in [0, 0.05) is 22.5 Å². The van der Waals surface area contributed by atoms with Crippen LogP contribution in [-0.2, 0) is 11.3 Å². The van der Waals surface area contributed by atoms with Crippen LogP contribution in [-0.4, -0.2) is 10.9 Å². The number of rotatable bonds is 4. The van der Waals surface area contributed by atoms with Crippen molar-refractivity contribution in [3.05, 3.63) is 58.2 Å². The first-order valence-corrected chi connectivity index (χ1v) is 7.38. The molecule has 3 rings (SSSR count). The average molecular weight is 298 g/mol. The molecular formula is C16H14N2O2S. The number of nitrogens with zero attached hydrogens (tertiary/aromatic N) is 1. The second kappa shape index (κ2) is 5.93. The van der Waals surface area contributed by atoms with Crippen LogP contribution in [0.5, 0.6) is 0 Å². The van der Waals surface area contributed by atoms with E-state index in [9.17, 15) is 4.79 Å². The fourth-order valence-corrected chi connectivity index (χ4v) is 2.70. The van der Waals surface area contributed by atoms with Gasteiger partial charge in [-0.15, -0.1) is 11.3 Å². The summed E-state index contributed by atoms with van der Waals surface area (Å²) in [5, 5.41) is 4.84. The first kappa shape index (κ1) is 13.6. The highest BCUT2D eigenvalue weighted by molar-refractivity contribution is 7.11. The number of hydrogen-bond acceptors (Lipinski definition) is 4. The van der Waals surface area contributed by atoms with Crippen LogP contribution >= 0.6 is 11.3 Å². The summed E-state index contributed by atoms with van der Waals surface area (Å²) < 4.78 is 5.61. The number of carbonyl (C=O) groups excluding carboxylic acids is 1. The van der Waals surface area contributed by atoms with E-state index in [1.807, 2.05) is 37.3 Å². The smallest absolute Gasteiger partial charge is 0.244 e. The molecule has 2 aromatic heterocycles. The maximum Gasteiger partial charge on any atom is 0.244 e. The summed E-state index contributed by atoms with van der Waals surface area (Å²) in [5.74, 6) is 0.515. The number of furan rings is 1. The molecule has 3 aromatic rings. The molecule has 1 aromatic carbocycles. The Kier molecular flexibility index (Phi) is 3.83. The fraction of sp³-hybridized carbons (Fsp3) is 0.125. The Hall–Kier alpha value is -2.40. The molecule has 1 N–H and O–H groups in total. The minimum Gasteiger partial charge on any atom is -0.457 e. The number of thiazole rings is 1. The van der Waals surface area contributed by atoms with E-state index >= 15 is 0 Å². The van der Waals surface area contributed by atoms with E-state index in [1.165, 1.54) is 6.08 Å². The second-order valence-electron chi connectivity index (χ2n) is 4.58. The van der Waals surface area contributed by atoms with Crippen LogP contribution in [0.15, 0.2) is 47.0 Å². The Morgan fingerprint density at radius 1 is 1.43 bits per heavy atom. The minimum absolute atomic E-state index is 0.151. The number of carbonyl (C=O) groups is 1.